The van der Waals surface area contributed by atoms with Crippen molar-refractivity contribution in [3.05, 3.63) is 0 Å². The van der Waals surface area contributed by atoms with E-state index in [1.165, 1.54) is 0 Å². The number of ether oxygens (including phenoxy) is 1. The van der Waals surface area contributed by atoms with Crippen LogP contribution in [-0.2, 0) is 23.9 Å². The highest BCUT2D eigenvalue weighted by atomic mass is 32.1. The normalized spacial score (nSPS) is 14.4. The van der Waals surface area contributed by atoms with Gasteiger partial charge < -0.3 is 31.9 Å². The highest BCUT2D eigenvalue weighted by molar-refractivity contribution is 7.80. The molecule has 2 amide bonds. The van der Waals surface area contributed by atoms with E-state index < -0.39 is 42.5 Å². The largest absolute Gasteiger partial charge is 0.480 e. The maximum Gasteiger partial charge on any atom is 0.327 e. The van der Waals surface area contributed by atoms with Crippen molar-refractivity contribution in [3.8, 4) is 0 Å². The second-order valence-electron chi connectivity index (χ2n) is 3.91. The Labute approximate surface area is 126 Å². The van der Waals surface area contributed by atoms with Crippen molar-refractivity contribution in [2.75, 3.05) is 18.9 Å². The number of nitrogens with two attached hydrogens (primary N) is 2. The Kier molecular flexibility index (Phi) is 9.08. The molecule has 21 heavy (non-hydrogen) atoms. The Bertz CT molecular complexity index is 394. The van der Waals surface area contributed by atoms with Crippen molar-refractivity contribution in [3.63, 3.8) is 0 Å². The number of thiol groups is 1. The molecular formula is C10H18N4O6S. The minimum Gasteiger partial charge on any atom is -0.480 e. The molecule has 0 bridgehead atoms. The van der Waals surface area contributed by atoms with Gasteiger partial charge in [-0.2, -0.15) is 12.6 Å². The maximum absolute atomic E-state index is 11.9. The minimum atomic E-state index is -1.29. The molecular weight excluding hydrogens is 304 g/mol. The van der Waals surface area contributed by atoms with Crippen LogP contribution >= 0.6 is 12.6 Å². The Hall–Kier alpha value is -1.85. The van der Waals surface area contributed by atoms with Crippen molar-refractivity contribution in [1.82, 2.24) is 10.6 Å². The zero-order valence-electron chi connectivity index (χ0n) is 11.0. The van der Waals surface area contributed by atoms with Crippen LogP contribution in [0, 0.1) is 0 Å². The van der Waals surface area contributed by atoms with Crippen LogP contribution in [0.15, 0.2) is 0 Å². The van der Waals surface area contributed by atoms with Gasteiger partial charge in [-0.25, -0.2) is 4.79 Å². The van der Waals surface area contributed by atoms with Gasteiger partial charge >= 0.3 is 5.97 Å². The van der Waals surface area contributed by atoms with E-state index in [-0.39, 0.29) is 18.8 Å². The van der Waals surface area contributed by atoms with Gasteiger partial charge in [0, 0.05) is 12.3 Å². The molecule has 0 aliphatic heterocycles. The lowest BCUT2D eigenvalue weighted by atomic mass is 10.2. The molecule has 0 aliphatic carbocycles. The first-order valence-electron chi connectivity index (χ1n) is 5.82. The summed E-state index contributed by atoms with van der Waals surface area (Å²) in [7, 11) is 0. The van der Waals surface area contributed by atoms with E-state index in [0.717, 1.165) is 0 Å². The monoisotopic (exact) mass is 322 g/mol. The summed E-state index contributed by atoms with van der Waals surface area (Å²) in [6, 6.07) is -3.58. The van der Waals surface area contributed by atoms with Gasteiger partial charge in [0.05, 0.1) is 6.04 Å². The minimum absolute atomic E-state index is 0.0859. The summed E-state index contributed by atoms with van der Waals surface area (Å²) < 4.78 is 4.41. The molecule has 0 spiro atoms. The van der Waals surface area contributed by atoms with Crippen LogP contribution in [0.2, 0.25) is 0 Å². The molecule has 0 saturated heterocycles. The van der Waals surface area contributed by atoms with Crippen molar-refractivity contribution in [2.45, 2.75) is 18.1 Å². The average Bonchev–Trinajstić information content (AvgIpc) is 2.46. The van der Waals surface area contributed by atoms with Crippen molar-refractivity contribution in [2.24, 2.45) is 11.5 Å². The molecule has 120 valence electrons. The average molecular weight is 322 g/mol. The molecule has 7 N–H and O–H groups in total. The lowest BCUT2D eigenvalue weighted by Gasteiger charge is -2.21. The zero-order valence-corrected chi connectivity index (χ0v) is 11.9. The maximum atomic E-state index is 11.9. The van der Waals surface area contributed by atoms with Crippen LogP contribution in [0.3, 0.4) is 0 Å². The number of amides is 2. The number of carbonyl (C=O) groups excluding carboxylic acids is 3. The van der Waals surface area contributed by atoms with Gasteiger partial charge in [-0.15, -0.1) is 0 Å². The van der Waals surface area contributed by atoms with E-state index in [9.17, 15) is 19.2 Å². The molecule has 3 atom stereocenters. The topological polar surface area (TPSA) is 174 Å². The molecule has 0 radical (unpaired) electrons. The van der Waals surface area contributed by atoms with Gasteiger partial charge in [0.15, 0.2) is 0 Å². The molecule has 0 aromatic rings. The third kappa shape index (κ3) is 6.92. The molecule has 0 rings (SSSR count). The summed E-state index contributed by atoms with van der Waals surface area (Å²) in [5.74, 6) is -3.03. The molecule has 10 nitrogen and oxygen atoms in total. The number of nitrogens with one attached hydrogen (secondary N) is 2. The summed E-state index contributed by atoms with van der Waals surface area (Å²) in [6.07, 6.45) is 0. The van der Waals surface area contributed by atoms with Gasteiger partial charge in [-0.1, -0.05) is 0 Å². The van der Waals surface area contributed by atoms with Crippen LogP contribution < -0.4 is 22.1 Å². The van der Waals surface area contributed by atoms with Gasteiger partial charge in [-0.3, -0.25) is 14.4 Å². The third-order valence-corrected chi connectivity index (χ3v) is 2.72. The van der Waals surface area contributed by atoms with Crippen LogP contribution in [0.4, 0.5) is 0 Å². The molecule has 0 unspecified atom stereocenters. The number of carbonyl (C=O) groups is 4. The van der Waals surface area contributed by atoms with E-state index in [4.69, 9.17) is 16.6 Å². The van der Waals surface area contributed by atoms with Crippen LogP contribution in [0.1, 0.15) is 0 Å². The summed E-state index contributed by atoms with van der Waals surface area (Å²) in [5.41, 5.74) is 10.6. The zero-order chi connectivity index (χ0) is 16.4. The van der Waals surface area contributed by atoms with Crippen LogP contribution in [0.5, 0.6) is 0 Å². The van der Waals surface area contributed by atoms with E-state index in [2.05, 4.69) is 28.0 Å². The van der Waals surface area contributed by atoms with Crippen LogP contribution in [0.25, 0.3) is 0 Å². The molecule has 0 aromatic carbocycles. The molecule has 0 aromatic heterocycles. The summed E-state index contributed by atoms with van der Waals surface area (Å²) in [4.78, 5) is 44.4. The van der Waals surface area contributed by atoms with Gasteiger partial charge in [0.25, 0.3) is 6.47 Å². The first kappa shape index (κ1) is 19.1. The first-order chi connectivity index (χ1) is 9.87. The fourth-order valence-corrected chi connectivity index (χ4v) is 1.41. The van der Waals surface area contributed by atoms with Gasteiger partial charge in [0.2, 0.25) is 11.8 Å². The van der Waals surface area contributed by atoms with Gasteiger partial charge in [0.1, 0.15) is 18.7 Å². The molecule has 0 fully saturated rings. The van der Waals surface area contributed by atoms with Gasteiger partial charge in [-0.05, 0) is 0 Å². The number of rotatable bonds is 10. The smallest absolute Gasteiger partial charge is 0.327 e. The number of carboxylic acids is 1. The number of carboxylic acid groups (broad SMARTS) is 1. The fourth-order valence-electron chi connectivity index (χ4n) is 1.16. The molecule has 11 heteroatoms. The molecule has 0 heterocycles. The standard InChI is InChI=1S/C10H18N4O6S/c11-1-5(12)8(16)13-6(2-20-4-15)9(17)14-7(3-21)10(18)19/h4-7,21H,1-3,11-12H2,(H,13,16)(H,14,17)(H,18,19)/t5-,6-,7-/m0/s1. The highest BCUT2D eigenvalue weighted by Gasteiger charge is 2.27. The van der Waals surface area contributed by atoms with E-state index in [1.54, 1.807) is 0 Å². The van der Waals surface area contributed by atoms with Crippen molar-refractivity contribution < 1.29 is 29.0 Å². The Morgan fingerprint density at radius 3 is 2.24 bits per heavy atom. The lowest BCUT2D eigenvalue weighted by molar-refractivity contribution is -0.142. The second kappa shape index (κ2) is 9.96. The Morgan fingerprint density at radius 2 is 1.81 bits per heavy atom. The first-order valence-corrected chi connectivity index (χ1v) is 6.45. The lowest BCUT2D eigenvalue weighted by Crippen LogP contribution is -2.57. The Morgan fingerprint density at radius 1 is 1.24 bits per heavy atom. The quantitative estimate of drug-likeness (QED) is 0.177. The number of hydrogen-bond donors (Lipinski definition) is 6. The third-order valence-electron chi connectivity index (χ3n) is 2.35. The second-order valence-corrected chi connectivity index (χ2v) is 4.28. The predicted octanol–water partition coefficient (Wildman–Crippen LogP) is -3.57. The summed E-state index contributed by atoms with van der Waals surface area (Å²) >= 11 is 3.78. The molecule has 0 saturated carbocycles. The fraction of sp³-hybridized carbons (Fsp3) is 0.600. The van der Waals surface area contributed by atoms with E-state index in [0.29, 0.717) is 0 Å². The van der Waals surface area contributed by atoms with E-state index in [1.807, 2.05) is 0 Å². The SMILES string of the molecule is NC[C@H](N)C(=O)N[C@@H](COC=O)C(=O)N[C@@H](CS)C(=O)O. The van der Waals surface area contributed by atoms with E-state index >= 15 is 0 Å². The number of aliphatic carboxylic acids is 1. The summed E-state index contributed by atoms with van der Waals surface area (Å²) in [5, 5.41) is 13.2. The van der Waals surface area contributed by atoms with Crippen molar-refractivity contribution >= 4 is 36.9 Å². The highest BCUT2D eigenvalue weighted by Crippen LogP contribution is 1.93. The molecule has 0 aliphatic rings. The Balaban J connectivity index is 4.79. The number of hydrogen-bond acceptors (Lipinski definition) is 8. The van der Waals surface area contributed by atoms with Crippen LogP contribution in [-0.4, -0.2) is 66.4 Å². The predicted molar refractivity (Wildman–Crippen MR) is 74.4 cm³/mol. The van der Waals surface area contributed by atoms with Crippen molar-refractivity contribution in [1.29, 1.82) is 0 Å². The summed E-state index contributed by atoms with van der Waals surface area (Å²) in [6.45, 7) is -0.539.